The fourth-order valence-corrected chi connectivity index (χ4v) is 4.93. The van der Waals surface area contributed by atoms with Gasteiger partial charge in [-0.3, -0.25) is 9.00 Å². The van der Waals surface area contributed by atoms with Gasteiger partial charge in [0.05, 0.1) is 6.42 Å². The molecule has 0 fully saturated rings. The van der Waals surface area contributed by atoms with Gasteiger partial charge in [0.25, 0.3) is 0 Å². The molecule has 2 rings (SSSR count). The second-order valence-electron chi connectivity index (χ2n) is 4.51. The van der Waals surface area contributed by atoms with E-state index in [0.29, 0.717) is 11.0 Å². The van der Waals surface area contributed by atoms with Crippen LogP contribution in [0.1, 0.15) is 18.9 Å². The second-order valence-corrected chi connectivity index (χ2v) is 7.75. The molecule has 0 bridgehead atoms. The first-order chi connectivity index (χ1) is 8.56. The molecule has 0 saturated carbocycles. The molecule has 3 unspecified atom stereocenters. The average Bonchev–Trinajstić information content (AvgIpc) is 2.69. The van der Waals surface area contributed by atoms with Gasteiger partial charge in [0.15, 0.2) is 0 Å². The Balaban J connectivity index is 1.89. The van der Waals surface area contributed by atoms with Crippen molar-refractivity contribution in [1.82, 2.24) is 0 Å². The third kappa shape index (κ3) is 3.36. The first-order valence-electron chi connectivity index (χ1n) is 5.90. The Morgan fingerprint density at radius 1 is 1.56 bits per heavy atom. The highest BCUT2D eigenvalue weighted by atomic mass is 32.2. The van der Waals surface area contributed by atoms with Gasteiger partial charge in [0.2, 0.25) is 0 Å². The van der Waals surface area contributed by atoms with Crippen LogP contribution in [0.5, 0.6) is 0 Å². The zero-order valence-corrected chi connectivity index (χ0v) is 11.8. The molecule has 0 amide bonds. The van der Waals surface area contributed by atoms with E-state index in [1.165, 1.54) is 10.5 Å². The topological polar surface area (TPSA) is 54.4 Å². The van der Waals surface area contributed by atoms with Gasteiger partial charge in [-0.05, 0) is 18.1 Å². The maximum Gasteiger partial charge on any atom is 0.304 e. The monoisotopic (exact) mass is 284 g/mol. The second kappa shape index (κ2) is 5.89. The van der Waals surface area contributed by atoms with Gasteiger partial charge in [-0.15, -0.1) is 11.8 Å². The molecular formula is C13H16O3S2. The lowest BCUT2D eigenvalue weighted by Crippen LogP contribution is -2.23. The molecule has 98 valence electrons. The molecule has 5 heteroatoms. The van der Waals surface area contributed by atoms with Gasteiger partial charge >= 0.3 is 5.97 Å². The van der Waals surface area contributed by atoms with E-state index in [4.69, 9.17) is 5.11 Å². The Morgan fingerprint density at radius 3 is 2.94 bits per heavy atom. The molecule has 1 aromatic carbocycles. The molecule has 1 N–H and O–H groups in total. The van der Waals surface area contributed by atoms with E-state index in [1.54, 1.807) is 18.7 Å². The number of hydrogen-bond donors (Lipinski definition) is 1. The van der Waals surface area contributed by atoms with E-state index in [1.807, 2.05) is 12.1 Å². The maximum atomic E-state index is 12.0. The minimum atomic E-state index is -1.07. The summed E-state index contributed by atoms with van der Waals surface area (Å²) < 4.78 is 12.0. The van der Waals surface area contributed by atoms with E-state index < -0.39 is 16.8 Å². The van der Waals surface area contributed by atoms with Crippen LogP contribution in [0.25, 0.3) is 0 Å². The molecule has 0 saturated heterocycles. The Hall–Kier alpha value is -0.810. The SMILES string of the molecule is CC(CC(=O)O)S(=O)CC1Cc2ccccc2S1. The van der Waals surface area contributed by atoms with Crippen molar-refractivity contribution in [3.63, 3.8) is 0 Å². The summed E-state index contributed by atoms with van der Waals surface area (Å²) in [5.74, 6) is -0.299. The minimum absolute atomic E-state index is 0.0169. The first kappa shape index (κ1) is 13.6. The van der Waals surface area contributed by atoms with Crippen molar-refractivity contribution >= 4 is 28.5 Å². The van der Waals surface area contributed by atoms with Crippen molar-refractivity contribution in [3.8, 4) is 0 Å². The summed E-state index contributed by atoms with van der Waals surface area (Å²) in [4.78, 5) is 11.9. The summed E-state index contributed by atoms with van der Waals surface area (Å²) in [6, 6.07) is 8.22. The fourth-order valence-electron chi connectivity index (χ4n) is 2.03. The molecule has 18 heavy (non-hydrogen) atoms. The van der Waals surface area contributed by atoms with Crippen LogP contribution in [0.3, 0.4) is 0 Å². The van der Waals surface area contributed by atoms with Crippen LogP contribution in [0.2, 0.25) is 0 Å². The highest BCUT2D eigenvalue weighted by molar-refractivity contribution is 8.01. The van der Waals surface area contributed by atoms with Crippen LogP contribution >= 0.6 is 11.8 Å². The summed E-state index contributed by atoms with van der Waals surface area (Å²) in [7, 11) is -1.07. The molecule has 1 aromatic rings. The van der Waals surface area contributed by atoms with Crippen LogP contribution in [0.4, 0.5) is 0 Å². The number of thioether (sulfide) groups is 1. The quantitative estimate of drug-likeness (QED) is 0.901. The third-order valence-corrected chi connectivity index (χ3v) is 6.30. The molecule has 3 nitrogen and oxygen atoms in total. The number of benzene rings is 1. The predicted molar refractivity (Wildman–Crippen MR) is 74.5 cm³/mol. The molecule has 0 spiro atoms. The summed E-state index contributed by atoms with van der Waals surface area (Å²) in [5, 5.41) is 8.74. The van der Waals surface area contributed by atoms with Crippen molar-refractivity contribution in [2.75, 3.05) is 5.75 Å². The number of aliphatic carboxylic acids is 1. The summed E-state index contributed by atoms with van der Waals surface area (Å²) in [6.45, 7) is 1.75. The van der Waals surface area contributed by atoms with Gasteiger partial charge in [-0.2, -0.15) is 0 Å². The summed E-state index contributed by atoms with van der Waals surface area (Å²) >= 11 is 1.76. The van der Waals surface area contributed by atoms with Gasteiger partial charge in [-0.1, -0.05) is 25.1 Å². The summed E-state index contributed by atoms with van der Waals surface area (Å²) in [5.41, 5.74) is 1.32. The number of carboxylic acids is 1. The lowest BCUT2D eigenvalue weighted by atomic mass is 10.1. The molecule has 0 aromatic heterocycles. The number of carbonyl (C=O) groups is 1. The van der Waals surface area contributed by atoms with Crippen molar-refractivity contribution < 1.29 is 14.1 Å². The number of carboxylic acid groups (broad SMARTS) is 1. The molecule has 1 heterocycles. The van der Waals surface area contributed by atoms with E-state index >= 15 is 0 Å². The Labute approximate surface area is 113 Å². The highest BCUT2D eigenvalue weighted by Gasteiger charge is 2.25. The molecular weight excluding hydrogens is 268 g/mol. The van der Waals surface area contributed by atoms with Crippen LogP contribution < -0.4 is 0 Å². The van der Waals surface area contributed by atoms with Crippen molar-refractivity contribution in [1.29, 1.82) is 0 Å². The van der Waals surface area contributed by atoms with E-state index in [-0.39, 0.29) is 11.7 Å². The number of hydrogen-bond acceptors (Lipinski definition) is 3. The number of rotatable bonds is 5. The zero-order valence-electron chi connectivity index (χ0n) is 10.2. The third-order valence-electron chi connectivity index (χ3n) is 2.97. The van der Waals surface area contributed by atoms with Crippen molar-refractivity contribution in [2.45, 2.75) is 35.2 Å². The van der Waals surface area contributed by atoms with Crippen LogP contribution in [0, 0.1) is 0 Å². The Kier molecular flexibility index (Phi) is 4.45. The molecule has 0 radical (unpaired) electrons. The van der Waals surface area contributed by atoms with Crippen LogP contribution in [-0.4, -0.2) is 31.5 Å². The smallest absolute Gasteiger partial charge is 0.304 e. The molecule has 0 aliphatic carbocycles. The lowest BCUT2D eigenvalue weighted by Gasteiger charge is -2.12. The van der Waals surface area contributed by atoms with Crippen LogP contribution in [-0.2, 0) is 22.0 Å². The molecule has 1 aliphatic rings. The van der Waals surface area contributed by atoms with E-state index in [2.05, 4.69) is 12.1 Å². The standard InChI is InChI=1S/C13H16O3S2/c1-9(6-13(14)15)18(16)8-11-7-10-4-2-3-5-12(10)17-11/h2-5,9,11H,6-8H2,1H3,(H,14,15). The normalized spacial score (nSPS) is 21.3. The number of fused-ring (bicyclic) bond motifs is 1. The zero-order chi connectivity index (χ0) is 13.1. The first-order valence-corrected chi connectivity index (χ1v) is 8.16. The summed E-state index contributed by atoms with van der Waals surface area (Å²) in [6.07, 6.45) is 0.920. The van der Waals surface area contributed by atoms with Gasteiger partial charge in [0.1, 0.15) is 0 Å². The predicted octanol–water partition coefficient (Wildman–Crippen LogP) is 2.32. The van der Waals surface area contributed by atoms with Gasteiger partial charge in [-0.25, -0.2) is 0 Å². The lowest BCUT2D eigenvalue weighted by molar-refractivity contribution is -0.136. The van der Waals surface area contributed by atoms with Crippen LogP contribution in [0.15, 0.2) is 29.2 Å². The Bertz CT molecular complexity index is 448. The maximum absolute atomic E-state index is 12.0. The fraction of sp³-hybridized carbons (Fsp3) is 0.462. The average molecular weight is 284 g/mol. The largest absolute Gasteiger partial charge is 0.481 e. The van der Waals surface area contributed by atoms with Gasteiger partial charge < -0.3 is 5.11 Å². The minimum Gasteiger partial charge on any atom is -0.481 e. The van der Waals surface area contributed by atoms with E-state index in [0.717, 1.165) is 6.42 Å². The molecule has 1 aliphatic heterocycles. The van der Waals surface area contributed by atoms with E-state index in [9.17, 15) is 9.00 Å². The molecule has 3 atom stereocenters. The Morgan fingerprint density at radius 2 is 2.28 bits per heavy atom. The van der Waals surface area contributed by atoms with Crippen molar-refractivity contribution in [2.24, 2.45) is 0 Å². The van der Waals surface area contributed by atoms with Crippen molar-refractivity contribution in [3.05, 3.63) is 29.8 Å². The van der Waals surface area contributed by atoms with Gasteiger partial charge in [0, 0.05) is 31.9 Å². The highest BCUT2D eigenvalue weighted by Crippen LogP contribution is 2.37.